The first-order valence-corrected chi connectivity index (χ1v) is 5.51. The number of pyridine rings is 1. The standard InChI is InChI=1S/C12H13N3O/c16-12-2-3-13-6-9(12)10-5-8-1-4-14-11(8)7-15-10/h1,4-5,7,9,13-14H,2-3,6H2/t9-/m1/s1. The number of ketones is 1. The van der Waals surface area contributed by atoms with E-state index in [4.69, 9.17) is 0 Å². The average Bonchev–Trinajstić information content (AvgIpc) is 2.76. The predicted octanol–water partition coefficient (Wildman–Crippen LogP) is 1.21. The molecule has 0 radical (unpaired) electrons. The third-order valence-corrected chi connectivity index (χ3v) is 3.10. The zero-order valence-corrected chi connectivity index (χ0v) is 8.86. The van der Waals surface area contributed by atoms with Gasteiger partial charge in [0.25, 0.3) is 0 Å². The van der Waals surface area contributed by atoms with Gasteiger partial charge < -0.3 is 10.3 Å². The summed E-state index contributed by atoms with van der Waals surface area (Å²) >= 11 is 0. The zero-order chi connectivity index (χ0) is 11.0. The van der Waals surface area contributed by atoms with Crippen LogP contribution in [0.2, 0.25) is 0 Å². The molecular weight excluding hydrogens is 202 g/mol. The molecule has 3 heterocycles. The molecule has 16 heavy (non-hydrogen) atoms. The first-order valence-electron chi connectivity index (χ1n) is 5.51. The molecule has 0 bridgehead atoms. The molecule has 82 valence electrons. The van der Waals surface area contributed by atoms with Gasteiger partial charge in [0, 0.05) is 31.1 Å². The molecule has 0 amide bonds. The van der Waals surface area contributed by atoms with Crippen LogP contribution in [0.4, 0.5) is 0 Å². The number of aromatic amines is 1. The average molecular weight is 215 g/mol. The van der Waals surface area contributed by atoms with E-state index in [2.05, 4.69) is 15.3 Å². The lowest BCUT2D eigenvalue weighted by Crippen LogP contribution is -2.35. The molecule has 1 saturated heterocycles. The fraction of sp³-hybridized carbons (Fsp3) is 0.333. The summed E-state index contributed by atoms with van der Waals surface area (Å²) in [5.41, 5.74) is 1.89. The Kier molecular flexibility index (Phi) is 2.22. The minimum Gasteiger partial charge on any atom is -0.360 e. The van der Waals surface area contributed by atoms with Crippen molar-refractivity contribution in [1.29, 1.82) is 0 Å². The summed E-state index contributed by atoms with van der Waals surface area (Å²) in [6.45, 7) is 1.50. The number of hydrogen-bond donors (Lipinski definition) is 2. The molecule has 1 fully saturated rings. The number of hydrogen-bond acceptors (Lipinski definition) is 3. The maximum Gasteiger partial charge on any atom is 0.144 e. The van der Waals surface area contributed by atoms with Crippen molar-refractivity contribution in [1.82, 2.24) is 15.3 Å². The summed E-state index contributed by atoms with van der Waals surface area (Å²) < 4.78 is 0. The Labute approximate surface area is 93.1 Å². The molecule has 0 unspecified atom stereocenters. The highest BCUT2D eigenvalue weighted by Gasteiger charge is 2.24. The predicted molar refractivity (Wildman–Crippen MR) is 61.3 cm³/mol. The zero-order valence-electron chi connectivity index (χ0n) is 8.86. The normalized spacial score (nSPS) is 21.5. The second kappa shape index (κ2) is 3.72. The van der Waals surface area contributed by atoms with Crippen molar-refractivity contribution in [2.24, 2.45) is 0 Å². The molecule has 4 nitrogen and oxygen atoms in total. The second-order valence-corrected chi connectivity index (χ2v) is 4.15. The van der Waals surface area contributed by atoms with E-state index >= 15 is 0 Å². The van der Waals surface area contributed by atoms with Gasteiger partial charge in [-0.2, -0.15) is 0 Å². The van der Waals surface area contributed by atoms with E-state index in [-0.39, 0.29) is 5.92 Å². The van der Waals surface area contributed by atoms with Gasteiger partial charge in [-0.05, 0) is 12.1 Å². The molecule has 0 aromatic carbocycles. The summed E-state index contributed by atoms with van der Waals surface area (Å²) in [5, 5.41) is 4.35. The van der Waals surface area contributed by atoms with Gasteiger partial charge in [-0.25, -0.2) is 0 Å². The molecular formula is C12H13N3O. The van der Waals surface area contributed by atoms with Crippen molar-refractivity contribution in [2.45, 2.75) is 12.3 Å². The molecule has 1 aliphatic rings. The number of nitrogens with zero attached hydrogens (tertiary/aromatic N) is 1. The number of carbonyl (C=O) groups excluding carboxylic acids is 1. The molecule has 2 aromatic heterocycles. The van der Waals surface area contributed by atoms with Crippen molar-refractivity contribution in [2.75, 3.05) is 13.1 Å². The Morgan fingerprint density at radius 3 is 3.25 bits per heavy atom. The largest absolute Gasteiger partial charge is 0.360 e. The van der Waals surface area contributed by atoms with Crippen LogP contribution in [0, 0.1) is 0 Å². The van der Waals surface area contributed by atoms with Crippen LogP contribution >= 0.6 is 0 Å². The van der Waals surface area contributed by atoms with E-state index in [0.29, 0.717) is 18.7 Å². The third-order valence-electron chi connectivity index (χ3n) is 3.10. The van der Waals surface area contributed by atoms with Crippen LogP contribution < -0.4 is 5.32 Å². The van der Waals surface area contributed by atoms with Crippen LogP contribution in [0.25, 0.3) is 10.9 Å². The third kappa shape index (κ3) is 1.51. The Balaban J connectivity index is 2.00. The summed E-state index contributed by atoms with van der Waals surface area (Å²) in [6, 6.07) is 4.00. The number of piperidine rings is 1. The van der Waals surface area contributed by atoms with E-state index in [1.54, 1.807) is 6.20 Å². The minimum absolute atomic E-state index is 0.0759. The Bertz CT molecular complexity index is 532. The van der Waals surface area contributed by atoms with Gasteiger partial charge in [-0.1, -0.05) is 0 Å². The molecule has 1 atom stereocenters. The second-order valence-electron chi connectivity index (χ2n) is 4.15. The quantitative estimate of drug-likeness (QED) is 0.751. The van der Waals surface area contributed by atoms with Crippen molar-refractivity contribution < 1.29 is 4.79 Å². The van der Waals surface area contributed by atoms with Crippen molar-refractivity contribution >= 4 is 16.7 Å². The van der Waals surface area contributed by atoms with Crippen molar-refractivity contribution in [3.63, 3.8) is 0 Å². The summed E-state index contributed by atoms with van der Waals surface area (Å²) in [6.07, 6.45) is 4.29. The molecule has 2 N–H and O–H groups in total. The summed E-state index contributed by atoms with van der Waals surface area (Å²) in [7, 11) is 0. The van der Waals surface area contributed by atoms with Crippen LogP contribution in [0.3, 0.4) is 0 Å². The van der Waals surface area contributed by atoms with Crippen LogP contribution in [-0.4, -0.2) is 28.8 Å². The molecule has 0 aliphatic carbocycles. The highest BCUT2D eigenvalue weighted by molar-refractivity contribution is 5.88. The van der Waals surface area contributed by atoms with Gasteiger partial charge in [0.2, 0.25) is 0 Å². The van der Waals surface area contributed by atoms with E-state index in [0.717, 1.165) is 23.1 Å². The SMILES string of the molecule is O=C1CCNC[C@@H]1c1cc2cc[nH]c2cn1. The highest BCUT2D eigenvalue weighted by Crippen LogP contribution is 2.21. The number of Topliss-reactive ketones (excluding diaryl/α,β-unsaturated/α-hetero) is 1. The first kappa shape index (κ1) is 9.54. The molecule has 0 saturated carbocycles. The lowest BCUT2D eigenvalue weighted by Gasteiger charge is -2.20. The minimum atomic E-state index is -0.0759. The maximum atomic E-state index is 11.8. The van der Waals surface area contributed by atoms with Crippen LogP contribution in [0.1, 0.15) is 18.0 Å². The van der Waals surface area contributed by atoms with E-state index in [1.165, 1.54) is 0 Å². The van der Waals surface area contributed by atoms with Crippen molar-refractivity contribution in [3.8, 4) is 0 Å². The molecule has 4 heteroatoms. The van der Waals surface area contributed by atoms with Gasteiger partial charge in [0.05, 0.1) is 23.3 Å². The van der Waals surface area contributed by atoms with Gasteiger partial charge in [-0.15, -0.1) is 0 Å². The molecule has 2 aromatic rings. The first-order chi connectivity index (χ1) is 7.84. The Morgan fingerprint density at radius 2 is 2.38 bits per heavy atom. The van der Waals surface area contributed by atoms with Crippen LogP contribution in [0.15, 0.2) is 24.5 Å². The van der Waals surface area contributed by atoms with Crippen LogP contribution in [0.5, 0.6) is 0 Å². The maximum absolute atomic E-state index is 11.8. The number of nitrogens with one attached hydrogen (secondary N) is 2. The summed E-state index contributed by atoms with van der Waals surface area (Å²) in [5.74, 6) is 0.217. The van der Waals surface area contributed by atoms with Gasteiger partial charge in [-0.3, -0.25) is 9.78 Å². The smallest absolute Gasteiger partial charge is 0.144 e. The van der Waals surface area contributed by atoms with E-state index in [1.807, 2.05) is 18.3 Å². The fourth-order valence-corrected chi connectivity index (χ4v) is 2.17. The Hall–Kier alpha value is -1.68. The number of fused-ring (bicyclic) bond motifs is 1. The molecule has 1 aliphatic heterocycles. The number of carbonyl (C=O) groups is 1. The van der Waals surface area contributed by atoms with Gasteiger partial charge in [0.15, 0.2) is 0 Å². The Morgan fingerprint density at radius 1 is 1.44 bits per heavy atom. The highest BCUT2D eigenvalue weighted by atomic mass is 16.1. The van der Waals surface area contributed by atoms with Crippen LogP contribution in [-0.2, 0) is 4.79 Å². The molecule has 3 rings (SSSR count). The van der Waals surface area contributed by atoms with E-state index in [9.17, 15) is 4.79 Å². The number of rotatable bonds is 1. The topological polar surface area (TPSA) is 57.8 Å². The van der Waals surface area contributed by atoms with E-state index < -0.39 is 0 Å². The summed E-state index contributed by atoms with van der Waals surface area (Å²) in [4.78, 5) is 19.2. The van der Waals surface area contributed by atoms with Gasteiger partial charge in [0.1, 0.15) is 5.78 Å². The molecule has 0 spiro atoms. The lowest BCUT2D eigenvalue weighted by atomic mass is 9.94. The lowest BCUT2D eigenvalue weighted by molar-refractivity contribution is -0.121. The number of H-pyrrole nitrogens is 1. The monoisotopic (exact) mass is 215 g/mol. The van der Waals surface area contributed by atoms with Gasteiger partial charge >= 0.3 is 0 Å². The van der Waals surface area contributed by atoms with Crippen molar-refractivity contribution in [3.05, 3.63) is 30.2 Å². The number of aromatic nitrogens is 2. The fourth-order valence-electron chi connectivity index (χ4n) is 2.17.